The molecule has 3 aromatic rings. The van der Waals surface area contributed by atoms with Crippen molar-refractivity contribution in [2.24, 2.45) is 0 Å². The van der Waals surface area contributed by atoms with E-state index < -0.39 is 11.7 Å². The van der Waals surface area contributed by atoms with Crippen LogP contribution in [0.3, 0.4) is 0 Å². The summed E-state index contributed by atoms with van der Waals surface area (Å²) >= 11 is 3.34. The number of benzene rings is 2. The molecule has 0 radical (unpaired) electrons. The van der Waals surface area contributed by atoms with Crippen LogP contribution in [-0.2, 0) is 12.8 Å². The summed E-state index contributed by atoms with van der Waals surface area (Å²) in [7, 11) is 0. The Balaban J connectivity index is 1.82. The molecule has 0 saturated heterocycles. The predicted octanol–water partition coefficient (Wildman–Crippen LogP) is 4.70. The summed E-state index contributed by atoms with van der Waals surface area (Å²) in [6, 6.07) is 11.9. The molecule has 1 aromatic heterocycles. The Hall–Kier alpha value is -2.86. The van der Waals surface area contributed by atoms with E-state index in [0.29, 0.717) is 27.0 Å². The molecular formula is C17H10BrF3N4O. The van der Waals surface area contributed by atoms with Gasteiger partial charge < -0.3 is 4.74 Å². The first-order valence-corrected chi connectivity index (χ1v) is 8.07. The van der Waals surface area contributed by atoms with Gasteiger partial charge in [0.05, 0.1) is 5.56 Å². The minimum atomic E-state index is -4.40. The Morgan fingerprint density at radius 1 is 1.19 bits per heavy atom. The molecule has 3 rings (SSSR count). The number of H-pyrrole nitrogens is 1. The van der Waals surface area contributed by atoms with Crippen molar-refractivity contribution in [2.75, 3.05) is 0 Å². The zero-order valence-electron chi connectivity index (χ0n) is 13.0. The lowest BCUT2D eigenvalue weighted by atomic mass is 10.1. The van der Waals surface area contributed by atoms with Gasteiger partial charge in [-0.15, -0.1) is 5.10 Å². The highest BCUT2D eigenvalue weighted by Crippen LogP contribution is 2.31. The molecule has 0 fully saturated rings. The van der Waals surface area contributed by atoms with Crippen LogP contribution in [0.2, 0.25) is 0 Å². The van der Waals surface area contributed by atoms with Crippen molar-refractivity contribution in [3.63, 3.8) is 0 Å². The number of aromatic amines is 1. The number of rotatable bonds is 4. The Morgan fingerprint density at radius 2 is 2.00 bits per heavy atom. The molecule has 0 saturated carbocycles. The maximum atomic E-state index is 12.8. The van der Waals surface area contributed by atoms with E-state index in [9.17, 15) is 13.2 Å². The molecule has 0 aliphatic rings. The summed E-state index contributed by atoms with van der Waals surface area (Å²) in [6.45, 7) is -0.0380. The summed E-state index contributed by atoms with van der Waals surface area (Å²) < 4.78 is 44.6. The van der Waals surface area contributed by atoms with Gasteiger partial charge in [0.1, 0.15) is 24.1 Å². The van der Waals surface area contributed by atoms with Crippen LogP contribution in [0, 0.1) is 11.3 Å². The molecule has 0 bridgehead atoms. The van der Waals surface area contributed by atoms with Gasteiger partial charge in [-0.05, 0) is 35.9 Å². The number of alkyl halides is 3. The number of hydrogen-bond donors (Lipinski definition) is 1. The van der Waals surface area contributed by atoms with Gasteiger partial charge in [0.2, 0.25) is 0 Å². The molecule has 9 heteroatoms. The zero-order chi connectivity index (χ0) is 18.7. The Kier molecular flexibility index (Phi) is 4.95. The minimum absolute atomic E-state index is 0.0380. The molecule has 0 unspecified atom stereocenters. The number of nitrogens with one attached hydrogen (secondary N) is 1. The fourth-order valence-corrected chi connectivity index (χ4v) is 2.77. The summed E-state index contributed by atoms with van der Waals surface area (Å²) in [4.78, 5) is 0. The number of hydrogen-bond acceptors (Lipinski definition) is 4. The second-order valence-corrected chi connectivity index (χ2v) is 6.23. The first-order valence-electron chi connectivity index (χ1n) is 7.28. The molecule has 1 heterocycles. The maximum Gasteiger partial charge on any atom is 0.416 e. The molecule has 5 nitrogen and oxygen atoms in total. The monoisotopic (exact) mass is 422 g/mol. The molecular weight excluding hydrogens is 413 g/mol. The van der Waals surface area contributed by atoms with E-state index in [1.165, 1.54) is 6.07 Å². The van der Waals surface area contributed by atoms with E-state index in [2.05, 4.69) is 31.3 Å². The largest absolute Gasteiger partial charge is 0.489 e. The lowest BCUT2D eigenvalue weighted by Gasteiger charge is -2.11. The van der Waals surface area contributed by atoms with Crippen LogP contribution in [0.5, 0.6) is 5.75 Å². The van der Waals surface area contributed by atoms with Crippen LogP contribution in [-0.4, -0.2) is 15.4 Å². The van der Waals surface area contributed by atoms with Crippen molar-refractivity contribution in [1.82, 2.24) is 15.4 Å². The summed E-state index contributed by atoms with van der Waals surface area (Å²) in [5.41, 5.74) is 0.809. The molecule has 0 spiro atoms. The fraction of sp³-hybridized carbons (Fsp3) is 0.118. The van der Waals surface area contributed by atoms with Crippen LogP contribution < -0.4 is 4.74 Å². The number of ether oxygens (including phenoxy) is 1. The third kappa shape index (κ3) is 4.03. The fourth-order valence-electron chi connectivity index (χ4n) is 2.29. The van der Waals surface area contributed by atoms with E-state index >= 15 is 0 Å². The minimum Gasteiger partial charge on any atom is -0.489 e. The van der Waals surface area contributed by atoms with Crippen molar-refractivity contribution in [1.29, 1.82) is 5.26 Å². The average Bonchev–Trinajstić information content (AvgIpc) is 3.08. The highest BCUT2D eigenvalue weighted by Gasteiger charge is 2.30. The van der Waals surface area contributed by atoms with Gasteiger partial charge in [-0.1, -0.05) is 33.3 Å². The van der Waals surface area contributed by atoms with Crippen molar-refractivity contribution in [2.45, 2.75) is 12.8 Å². The van der Waals surface area contributed by atoms with E-state index in [1.807, 2.05) is 6.07 Å². The van der Waals surface area contributed by atoms with E-state index in [-0.39, 0.29) is 12.3 Å². The summed E-state index contributed by atoms with van der Waals surface area (Å²) in [6.07, 6.45) is -4.40. The average molecular weight is 423 g/mol. The molecule has 0 amide bonds. The van der Waals surface area contributed by atoms with Gasteiger partial charge in [-0.2, -0.15) is 18.4 Å². The number of aromatic nitrogens is 3. The highest BCUT2D eigenvalue weighted by atomic mass is 79.9. The van der Waals surface area contributed by atoms with Crippen molar-refractivity contribution < 1.29 is 17.9 Å². The topological polar surface area (TPSA) is 74.6 Å². The molecule has 0 aliphatic carbocycles. The smallest absolute Gasteiger partial charge is 0.416 e. The maximum absolute atomic E-state index is 12.8. The van der Waals surface area contributed by atoms with Crippen LogP contribution >= 0.6 is 15.9 Å². The number of nitrogens with zero attached hydrogens (tertiary/aromatic N) is 3. The van der Waals surface area contributed by atoms with Gasteiger partial charge >= 0.3 is 6.18 Å². The van der Waals surface area contributed by atoms with Crippen molar-refractivity contribution in [3.8, 4) is 23.1 Å². The van der Waals surface area contributed by atoms with Crippen LogP contribution in [0.4, 0.5) is 13.2 Å². The second-order valence-electron chi connectivity index (χ2n) is 5.31. The molecule has 0 aliphatic heterocycles. The van der Waals surface area contributed by atoms with Gasteiger partial charge in [0.15, 0.2) is 5.69 Å². The van der Waals surface area contributed by atoms with E-state index in [4.69, 9.17) is 10.00 Å². The Morgan fingerprint density at radius 3 is 2.73 bits per heavy atom. The third-order valence-corrected chi connectivity index (χ3v) is 3.92. The Bertz CT molecular complexity index is 979. The van der Waals surface area contributed by atoms with Gasteiger partial charge in [0.25, 0.3) is 0 Å². The first kappa shape index (κ1) is 17.9. The standard InChI is InChI=1S/C17H10BrF3N4O/c18-13-5-11(16-15(8-22)23-25-24-16)6-14(7-13)26-9-10-2-1-3-12(4-10)17(19,20)21/h1-7H,9H2,(H,23,24,25). The molecule has 0 atom stereocenters. The van der Waals surface area contributed by atoms with Crippen molar-refractivity contribution in [3.05, 3.63) is 63.8 Å². The molecule has 1 N–H and O–H groups in total. The van der Waals surface area contributed by atoms with Crippen LogP contribution in [0.25, 0.3) is 11.3 Å². The normalized spacial score (nSPS) is 11.2. The number of nitriles is 1. The van der Waals surface area contributed by atoms with E-state index in [1.54, 1.807) is 24.3 Å². The lowest BCUT2D eigenvalue weighted by Crippen LogP contribution is -2.06. The van der Waals surface area contributed by atoms with Crippen LogP contribution in [0.15, 0.2) is 46.9 Å². The van der Waals surface area contributed by atoms with E-state index in [0.717, 1.165) is 12.1 Å². The quantitative estimate of drug-likeness (QED) is 0.660. The number of halogens is 4. The van der Waals surface area contributed by atoms with Gasteiger partial charge in [-0.25, -0.2) is 5.10 Å². The van der Waals surface area contributed by atoms with Crippen molar-refractivity contribution >= 4 is 15.9 Å². The predicted molar refractivity (Wildman–Crippen MR) is 90.0 cm³/mol. The highest BCUT2D eigenvalue weighted by molar-refractivity contribution is 9.10. The second kappa shape index (κ2) is 7.17. The summed E-state index contributed by atoms with van der Waals surface area (Å²) in [5, 5.41) is 19.0. The lowest BCUT2D eigenvalue weighted by molar-refractivity contribution is -0.137. The summed E-state index contributed by atoms with van der Waals surface area (Å²) in [5.74, 6) is 0.415. The Labute approximate surface area is 154 Å². The third-order valence-electron chi connectivity index (χ3n) is 3.46. The molecule has 132 valence electrons. The molecule has 2 aromatic carbocycles. The van der Waals surface area contributed by atoms with Gasteiger partial charge in [0, 0.05) is 10.0 Å². The SMILES string of the molecule is N#Cc1[nH]nnc1-c1cc(Br)cc(OCc2cccc(C(F)(F)F)c2)c1. The van der Waals surface area contributed by atoms with Crippen LogP contribution in [0.1, 0.15) is 16.8 Å². The molecule has 26 heavy (non-hydrogen) atoms. The first-order chi connectivity index (χ1) is 12.4. The van der Waals surface area contributed by atoms with Gasteiger partial charge in [-0.3, -0.25) is 0 Å². The zero-order valence-corrected chi connectivity index (χ0v) is 14.6.